The average molecular weight is 345 g/mol. The number of nitrogens with one attached hydrogen (secondary N) is 1. The van der Waals surface area contributed by atoms with Gasteiger partial charge in [0.25, 0.3) is 0 Å². The van der Waals surface area contributed by atoms with E-state index >= 15 is 0 Å². The molecule has 0 saturated carbocycles. The van der Waals surface area contributed by atoms with Crippen LogP contribution < -0.4 is 10.2 Å². The Morgan fingerprint density at radius 2 is 1.79 bits per heavy atom. The van der Waals surface area contributed by atoms with Crippen molar-refractivity contribution in [3.63, 3.8) is 0 Å². The minimum absolute atomic E-state index is 0.656. The van der Waals surface area contributed by atoms with Crippen molar-refractivity contribution in [1.29, 1.82) is 0 Å². The van der Waals surface area contributed by atoms with Gasteiger partial charge in [-0.05, 0) is 55.8 Å². The number of nitrogens with zero attached hydrogens (tertiary/aromatic N) is 3. The van der Waals surface area contributed by atoms with Crippen LogP contribution in [0.5, 0.6) is 0 Å². The lowest BCUT2D eigenvalue weighted by molar-refractivity contribution is 0.552. The molecular weight excluding hydrogens is 320 g/mol. The SMILES string of the molecule is CCN(C)/C=N\c1cc(Cl)c(Nc2ccc(N(C)C)cc2)cc1C. The highest BCUT2D eigenvalue weighted by molar-refractivity contribution is 6.33. The van der Waals surface area contributed by atoms with Crippen LogP contribution in [-0.2, 0) is 0 Å². The predicted octanol–water partition coefficient (Wildman–Crippen LogP) is 5.07. The Morgan fingerprint density at radius 1 is 1.12 bits per heavy atom. The third-order valence-electron chi connectivity index (χ3n) is 3.84. The van der Waals surface area contributed by atoms with Crippen molar-refractivity contribution in [2.75, 3.05) is 37.9 Å². The zero-order chi connectivity index (χ0) is 17.7. The summed E-state index contributed by atoms with van der Waals surface area (Å²) in [6.45, 7) is 5.04. The van der Waals surface area contributed by atoms with Gasteiger partial charge in [-0.1, -0.05) is 11.6 Å². The molecule has 24 heavy (non-hydrogen) atoms. The molecule has 5 heteroatoms. The predicted molar refractivity (Wildman–Crippen MR) is 107 cm³/mol. The van der Waals surface area contributed by atoms with Gasteiger partial charge in [-0.3, -0.25) is 0 Å². The van der Waals surface area contributed by atoms with Crippen LogP contribution in [0.4, 0.5) is 22.7 Å². The molecule has 0 aliphatic carbocycles. The molecule has 0 fully saturated rings. The fraction of sp³-hybridized carbons (Fsp3) is 0.316. The van der Waals surface area contributed by atoms with Gasteiger partial charge in [0.05, 0.1) is 22.7 Å². The van der Waals surface area contributed by atoms with Gasteiger partial charge in [0.1, 0.15) is 0 Å². The second kappa shape index (κ2) is 8.06. The highest BCUT2D eigenvalue weighted by Crippen LogP contribution is 2.32. The monoisotopic (exact) mass is 344 g/mol. The molecule has 2 rings (SSSR count). The van der Waals surface area contributed by atoms with Crippen LogP contribution in [0, 0.1) is 6.92 Å². The van der Waals surface area contributed by atoms with E-state index in [1.54, 1.807) is 0 Å². The van der Waals surface area contributed by atoms with Crippen LogP contribution in [0.2, 0.25) is 5.02 Å². The molecule has 4 nitrogen and oxygen atoms in total. The van der Waals surface area contributed by atoms with Crippen LogP contribution in [0.15, 0.2) is 41.4 Å². The van der Waals surface area contributed by atoms with Gasteiger partial charge >= 0.3 is 0 Å². The van der Waals surface area contributed by atoms with Gasteiger partial charge in [0, 0.05) is 39.1 Å². The van der Waals surface area contributed by atoms with Gasteiger partial charge < -0.3 is 15.1 Å². The summed E-state index contributed by atoms with van der Waals surface area (Å²) in [7, 11) is 6.05. The Hall–Kier alpha value is -2.20. The van der Waals surface area contributed by atoms with Crippen LogP contribution in [0.3, 0.4) is 0 Å². The van der Waals surface area contributed by atoms with Crippen LogP contribution >= 0.6 is 11.6 Å². The molecule has 128 valence electrons. The quantitative estimate of drug-likeness (QED) is 0.586. The summed E-state index contributed by atoms with van der Waals surface area (Å²) in [6, 6.07) is 12.2. The Labute approximate surface area is 149 Å². The Bertz CT molecular complexity index is 708. The van der Waals surface area contributed by atoms with Gasteiger partial charge in [0.2, 0.25) is 0 Å². The molecule has 0 aliphatic rings. The summed E-state index contributed by atoms with van der Waals surface area (Å²) in [5, 5.41) is 4.03. The fourth-order valence-corrected chi connectivity index (χ4v) is 2.35. The molecule has 0 bridgehead atoms. The summed E-state index contributed by atoms with van der Waals surface area (Å²) >= 11 is 6.42. The van der Waals surface area contributed by atoms with Crippen molar-refractivity contribution >= 4 is 40.7 Å². The lowest BCUT2D eigenvalue weighted by Gasteiger charge is -2.15. The van der Waals surface area contributed by atoms with E-state index in [9.17, 15) is 0 Å². The highest BCUT2D eigenvalue weighted by Gasteiger charge is 2.06. The maximum absolute atomic E-state index is 6.42. The lowest BCUT2D eigenvalue weighted by Crippen LogP contribution is -2.14. The number of aryl methyl sites for hydroxylation is 1. The van der Waals surface area contributed by atoms with Gasteiger partial charge in [-0.2, -0.15) is 0 Å². The number of rotatable bonds is 6. The molecule has 0 unspecified atom stereocenters. The van der Waals surface area contributed by atoms with E-state index in [1.807, 2.05) is 63.6 Å². The lowest BCUT2D eigenvalue weighted by atomic mass is 10.1. The van der Waals surface area contributed by atoms with E-state index in [-0.39, 0.29) is 0 Å². The molecule has 0 heterocycles. The molecule has 0 aromatic heterocycles. The van der Waals surface area contributed by atoms with E-state index in [1.165, 1.54) is 0 Å². The molecule has 1 N–H and O–H groups in total. The maximum atomic E-state index is 6.42. The van der Waals surface area contributed by atoms with Crippen molar-refractivity contribution in [3.05, 3.63) is 47.0 Å². The number of hydrogen-bond acceptors (Lipinski definition) is 3. The minimum Gasteiger partial charge on any atom is -0.378 e. The Balaban J connectivity index is 2.19. The normalized spacial score (nSPS) is 10.9. The van der Waals surface area contributed by atoms with Gasteiger partial charge in [-0.15, -0.1) is 0 Å². The molecular formula is C19H25ClN4. The third kappa shape index (κ3) is 4.65. The summed E-state index contributed by atoms with van der Waals surface area (Å²) in [4.78, 5) is 8.59. The van der Waals surface area contributed by atoms with E-state index in [0.29, 0.717) is 5.02 Å². The minimum atomic E-state index is 0.656. The first-order valence-corrected chi connectivity index (χ1v) is 8.37. The van der Waals surface area contributed by atoms with Crippen molar-refractivity contribution in [2.24, 2.45) is 4.99 Å². The summed E-state index contributed by atoms with van der Waals surface area (Å²) in [5.74, 6) is 0. The number of benzene rings is 2. The second-order valence-electron chi connectivity index (χ2n) is 6.00. The third-order valence-corrected chi connectivity index (χ3v) is 4.15. The topological polar surface area (TPSA) is 30.9 Å². The van der Waals surface area contributed by atoms with Crippen molar-refractivity contribution < 1.29 is 0 Å². The summed E-state index contributed by atoms with van der Waals surface area (Å²) in [5.41, 5.74) is 5.01. The first kappa shape index (κ1) is 18.1. The molecule has 0 spiro atoms. The van der Waals surface area contributed by atoms with E-state index in [2.05, 4.69) is 34.3 Å². The smallest absolute Gasteiger partial charge is 0.0909 e. The molecule has 0 aliphatic heterocycles. The van der Waals surface area contributed by atoms with E-state index in [0.717, 1.165) is 34.9 Å². The molecule has 0 amide bonds. The number of anilines is 3. The van der Waals surface area contributed by atoms with Crippen LogP contribution in [0.1, 0.15) is 12.5 Å². The Morgan fingerprint density at radius 3 is 2.38 bits per heavy atom. The van der Waals surface area contributed by atoms with Crippen molar-refractivity contribution in [3.8, 4) is 0 Å². The molecule has 0 atom stereocenters. The first-order valence-electron chi connectivity index (χ1n) is 7.99. The van der Waals surface area contributed by atoms with Crippen LogP contribution in [0.25, 0.3) is 0 Å². The number of aliphatic imine (C=N–C) groups is 1. The average Bonchev–Trinajstić information content (AvgIpc) is 2.56. The highest BCUT2D eigenvalue weighted by atomic mass is 35.5. The van der Waals surface area contributed by atoms with Gasteiger partial charge in [0.15, 0.2) is 0 Å². The van der Waals surface area contributed by atoms with E-state index < -0.39 is 0 Å². The van der Waals surface area contributed by atoms with Crippen LogP contribution in [-0.4, -0.2) is 38.9 Å². The number of hydrogen-bond donors (Lipinski definition) is 1. The zero-order valence-electron chi connectivity index (χ0n) is 15.0. The fourth-order valence-electron chi connectivity index (χ4n) is 2.15. The van der Waals surface area contributed by atoms with Crippen molar-refractivity contribution in [2.45, 2.75) is 13.8 Å². The van der Waals surface area contributed by atoms with E-state index in [4.69, 9.17) is 11.6 Å². The van der Waals surface area contributed by atoms with Gasteiger partial charge in [-0.25, -0.2) is 4.99 Å². The maximum Gasteiger partial charge on any atom is 0.0909 e. The summed E-state index contributed by atoms with van der Waals surface area (Å²) in [6.07, 6.45) is 1.83. The molecule has 0 radical (unpaired) electrons. The standard InChI is InChI=1S/C19H25ClN4/c1-6-24(5)13-21-18-12-17(20)19(11-14(18)2)22-15-7-9-16(10-8-15)23(3)4/h7-13,22H,6H2,1-5H3/b21-13-. The summed E-state index contributed by atoms with van der Waals surface area (Å²) < 4.78 is 0. The largest absolute Gasteiger partial charge is 0.378 e. The first-order chi connectivity index (χ1) is 11.4. The zero-order valence-corrected chi connectivity index (χ0v) is 15.7. The van der Waals surface area contributed by atoms with Crippen molar-refractivity contribution in [1.82, 2.24) is 4.90 Å². The molecule has 2 aromatic rings. The molecule has 0 saturated heterocycles. The molecule has 2 aromatic carbocycles. The number of halogens is 1. The second-order valence-corrected chi connectivity index (χ2v) is 6.41. The Kier molecular flexibility index (Phi) is 6.10.